The lowest BCUT2D eigenvalue weighted by atomic mass is 10.3. The third-order valence-electron chi connectivity index (χ3n) is 3.48. The van der Waals surface area contributed by atoms with Gasteiger partial charge < -0.3 is 20.7 Å². The molecule has 0 aliphatic carbocycles. The van der Waals surface area contributed by atoms with Gasteiger partial charge in [-0.15, -0.1) is 0 Å². The molecule has 1 aromatic heterocycles. The molecule has 0 atom stereocenters. The quantitative estimate of drug-likeness (QED) is 0.752. The third-order valence-corrected chi connectivity index (χ3v) is 3.48. The van der Waals surface area contributed by atoms with E-state index in [9.17, 15) is 0 Å². The van der Waals surface area contributed by atoms with Gasteiger partial charge in [-0.2, -0.15) is 10.5 Å². The van der Waals surface area contributed by atoms with E-state index in [1.165, 1.54) is 6.33 Å². The minimum atomic E-state index is 0.313. The predicted octanol–water partition coefficient (Wildman–Crippen LogP) is 2.44. The number of hydrogen-bond acceptors (Lipinski definition) is 8. The summed E-state index contributed by atoms with van der Waals surface area (Å²) in [6.07, 6.45) is 2.03. The van der Waals surface area contributed by atoms with Gasteiger partial charge in [0.1, 0.15) is 17.8 Å². The van der Waals surface area contributed by atoms with Gasteiger partial charge in [-0.25, -0.2) is 9.97 Å². The van der Waals surface area contributed by atoms with Crippen molar-refractivity contribution in [2.45, 2.75) is 12.8 Å². The third kappa shape index (κ3) is 4.72. The van der Waals surface area contributed by atoms with Crippen LogP contribution in [0, 0.1) is 22.7 Å². The van der Waals surface area contributed by atoms with Crippen LogP contribution in [0.25, 0.3) is 0 Å². The van der Waals surface area contributed by atoms with Gasteiger partial charge >= 0.3 is 0 Å². The van der Waals surface area contributed by atoms with Crippen LogP contribution in [0.1, 0.15) is 12.8 Å². The molecule has 0 amide bonds. The van der Waals surface area contributed by atoms with Crippen molar-refractivity contribution in [1.29, 1.82) is 10.5 Å². The number of nitriles is 2. The maximum atomic E-state index is 8.83. The minimum Gasteiger partial charge on any atom is -0.497 e. The summed E-state index contributed by atoms with van der Waals surface area (Å²) in [6, 6.07) is 11.6. The van der Waals surface area contributed by atoms with Crippen LogP contribution in [-0.4, -0.2) is 30.2 Å². The van der Waals surface area contributed by atoms with Gasteiger partial charge in [0.2, 0.25) is 0 Å². The van der Waals surface area contributed by atoms with E-state index < -0.39 is 0 Å². The molecule has 0 bridgehead atoms. The van der Waals surface area contributed by atoms with E-state index in [2.05, 4.69) is 27.4 Å². The van der Waals surface area contributed by atoms with Crippen molar-refractivity contribution in [3.05, 3.63) is 30.6 Å². The van der Waals surface area contributed by atoms with E-state index in [1.807, 2.05) is 29.2 Å². The zero-order chi connectivity index (χ0) is 18.1. The van der Waals surface area contributed by atoms with E-state index in [1.54, 1.807) is 7.11 Å². The molecule has 0 unspecified atom stereocenters. The van der Waals surface area contributed by atoms with E-state index >= 15 is 0 Å². The van der Waals surface area contributed by atoms with Gasteiger partial charge in [-0.3, -0.25) is 0 Å². The van der Waals surface area contributed by atoms with Crippen molar-refractivity contribution in [1.82, 2.24) is 9.97 Å². The maximum Gasteiger partial charge on any atom is 0.159 e. The largest absolute Gasteiger partial charge is 0.497 e. The summed E-state index contributed by atoms with van der Waals surface area (Å²) in [4.78, 5) is 10.2. The number of ether oxygens (including phenoxy) is 1. The predicted molar refractivity (Wildman–Crippen MR) is 95.4 cm³/mol. The fraction of sp³-hybridized carbons (Fsp3) is 0.294. The van der Waals surface area contributed by atoms with E-state index in [0.717, 1.165) is 5.69 Å². The summed E-state index contributed by atoms with van der Waals surface area (Å²) in [7, 11) is 1.60. The Bertz CT molecular complexity index is 776. The Hall–Kier alpha value is -3.52. The highest BCUT2D eigenvalue weighted by atomic mass is 16.5. The van der Waals surface area contributed by atoms with E-state index in [0.29, 0.717) is 49.0 Å². The standard InChI is InChI=1S/C17H19N7O/c1-25-14-6-2-5-13(11-14)23-16-15(20)17(22-12-21-16)24(9-3-7-18)10-4-8-19/h2,5-6,11-12H,3-4,9-10,20H2,1H3,(H,21,22,23). The van der Waals surface area contributed by atoms with Crippen molar-refractivity contribution in [3.8, 4) is 17.9 Å². The zero-order valence-electron chi connectivity index (χ0n) is 13.9. The number of nitrogens with two attached hydrogens (primary N) is 1. The van der Waals surface area contributed by atoms with Gasteiger partial charge in [0, 0.05) is 24.8 Å². The normalized spacial score (nSPS) is 9.72. The molecule has 0 aliphatic heterocycles. The highest BCUT2D eigenvalue weighted by molar-refractivity contribution is 5.78. The highest BCUT2D eigenvalue weighted by Crippen LogP contribution is 2.29. The second kappa shape index (κ2) is 8.94. The Kier molecular flexibility index (Phi) is 6.38. The number of methoxy groups -OCH3 is 1. The van der Waals surface area contributed by atoms with Gasteiger partial charge in [0.05, 0.1) is 32.1 Å². The Morgan fingerprint density at radius 2 is 1.92 bits per heavy atom. The molecule has 2 rings (SSSR count). The maximum absolute atomic E-state index is 8.83. The molecule has 8 heteroatoms. The Labute approximate surface area is 146 Å². The molecule has 0 saturated heterocycles. The van der Waals surface area contributed by atoms with Crippen molar-refractivity contribution in [2.24, 2.45) is 0 Å². The first kappa shape index (κ1) is 17.8. The molecule has 8 nitrogen and oxygen atoms in total. The number of nitrogens with one attached hydrogen (secondary N) is 1. The molecule has 0 radical (unpaired) electrons. The molecule has 0 saturated carbocycles. The van der Waals surface area contributed by atoms with Crippen molar-refractivity contribution in [3.63, 3.8) is 0 Å². The smallest absolute Gasteiger partial charge is 0.159 e. The molecule has 1 aromatic carbocycles. The lowest BCUT2D eigenvalue weighted by molar-refractivity contribution is 0.415. The second-order valence-electron chi connectivity index (χ2n) is 5.12. The molecule has 0 aliphatic rings. The van der Waals surface area contributed by atoms with Crippen LogP contribution in [0.15, 0.2) is 30.6 Å². The van der Waals surface area contributed by atoms with Gasteiger partial charge in [0.15, 0.2) is 11.6 Å². The monoisotopic (exact) mass is 337 g/mol. The first-order valence-corrected chi connectivity index (χ1v) is 7.70. The molecule has 25 heavy (non-hydrogen) atoms. The molecular weight excluding hydrogens is 318 g/mol. The summed E-state index contributed by atoms with van der Waals surface area (Å²) in [6.45, 7) is 0.885. The van der Waals surface area contributed by atoms with Crippen molar-refractivity contribution >= 4 is 23.0 Å². The molecule has 128 valence electrons. The van der Waals surface area contributed by atoms with Crippen LogP contribution in [0.4, 0.5) is 23.0 Å². The first-order valence-electron chi connectivity index (χ1n) is 7.70. The fourth-order valence-electron chi connectivity index (χ4n) is 2.27. The average molecular weight is 337 g/mol. The number of anilines is 4. The van der Waals surface area contributed by atoms with Gasteiger partial charge in [-0.1, -0.05) is 6.07 Å². The van der Waals surface area contributed by atoms with Gasteiger partial charge in [-0.05, 0) is 12.1 Å². The first-order chi connectivity index (χ1) is 12.2. The number of benzene rings is 1. The lowest BCUT2D eigenvalue weighted by Crippen LogP contribution is -2.27. The fourth-order valence-corrected chi connectivity index (χ4v) is 2.27. The number of nitrogen functional groups attached to an aromatic ring is 1. The van der Waals surface area contributed by atoms with Crippen molar-refractivity contribution in [2.75, 3.05) is 36.1 Å². The highest BCUT2D eigenvalue weighted by Gasteiger charge is 2.15. The van der Waals surface area contributed by atoms with Crippen LogP contribution in [0.3, 0.4) is 0 Å². The second-order valence-corrected chi connectivity index (χ2v) is 5.12. The summed E-state index contributed by atoms with van der Waals surface area (Å²) in [5, 5.41) is 20.8. The Morgan fingerprint density at radius 3 is 2.56 bits per heavy atom. The lowest BCUT2D eigenvalue weighted by Gasteiger charge is -2.23. The molecule has 0 fully saturated rings. The molecular formula is C17H19N7O. The van der Waals surface area contributed by atoms with Crippen LogP contribution in [0.2, 0.25) is 0 Å². The molecule has 3 N–H and O–H groups in total. The number of aromatic nitrogens is 2. The number of nitrogens with zero attached hydrogens (tertiary/aromatic N) is 5. The minimum absolute atomic E-state index is 0.313. The summed E-state index contributed by atoms with van der Waals surface area (Å²) >= 11 is 0. The average Bonchev–Trinajstić information content (AvgIpc) is 2.64. The summed E-state index contributed by atoms with van der Waals surface area (Å²) in [5.41, 5.74) is 7.36. The molecule has 2 aromatic rings. The number of hydrogen-bond donors (Lipinski definition) is 2. The van der Waals surface area contributed by atoms with Crippen LogP contribution < -0.4 is 20.7 Å². The van der Waals surface area contributed by atoms with Crippen LogP contribution in [0.5, 0.6) is 5.75 Å². The van der Waals surface area contributed by atoms with Gasteiger partial charge in [0.25, 0.3) is 0 Å². The summed E-state index contributed by atoms with van der Waals surface area (Å²) < 4.78 is 5.20. The zero-order valence-corrected chi connectivity index (χ0v) is 13.9. The van der Waals surface area contributed by atoms with Crippen LogP contribution in [-0.2, 0) is 0 Å². The summed E-state index contributed by atoms with van der Waals surface area (Å²) in [5.74, 6) is 1.67. The Morgan fingerprint density at radius 1 is 1.20 bits per heavy atom. The van der Waals surface area contributed by atoms with E-state index in [-0.39, 0.29) is 0 Å². The topological polar surface area (TPSA) is 124 Å². The molecule has 1 heterocycles. The van der Waals surface area contributed by atoms with E-state index in [4.69, 9.17) is 21.0 Å². The SMILES string of the molecule is COc1cccc(Nc2ncnc(N(CCC#N)CCC#N)c2N)c1. The van der Waals surface area contributed by atoms with Crippen molar-refractivity contribution < 1.29 is 4.74 Å². The number of rotatable bonds is 8. The van der Waals surface area contributed by atoms with Crippen LogP contribution >= 0.6 is 0 Å². The molecule has 0 spiro atoms. The Balaban J connectivity index is 2.27.